The summed E-state index contributed by atoms with van der Waals surface area (Å²) in [5, 5.41) is 24.4. The van der Waals surface area contributed by atoms with Gasteiger partial charge in [0.1, 0.15) is 6.07 Å². The molecular formula is C16H15N5OS. The molecule has 0 saturated carbocycles. The Morgan fingerprint density at radius 2 is 2.22 bits per heavy atom. The fraction of sp³-hybridized carbons (Fsp3) is 0.188. The van der Waals surface area contributed by atoms with E-state index in [9.17, 15) is 4.79 Å². The number of nitrogens with one attached hydrogen (secondary N) is 3. The number of aromatic nitrogens is 2. The van der Waals surface area contributed by atoms with Gasteiger partial charge < -0.3 is 10.6 Å². The van der Waals surface area contributed by atoms with Crippen molar-refractivity contribution < 1.29 is 4.79 Å². The van der Waals surface area contributed by atoms with E-state index in [2.05, 4.69) is 26.9 Å². The summed E-state index contributed by atoms with van der Waals surface area (Å²) in [5.41, 5.74) is 1.95. The highest BCUT2D eigenvalue weighted by Gasteiger charge is 2.12. The van der Waals surface area contributed by atoms with Gasteiger partial charge in [0.05, 0.1) is 11.1 Å². The first-order valence-electron chi connectivity index (χ1n) is 7.17. The summed E-state index contributed by atoms with van der Waals surface area (Å²) >= 11 is 1.55. The van der Waals surface area contributed by atoms with Crippen LogP contribution in [0.1, 0.15) is 20.9 Å². The minimum absolute atomic E-state index is 0.188. The molecule has 6 nitrogen and oxygen atoms in total. The van der Waals surface area contributed by atoms with Gasteiger partial charge >= 0.3 is 0 Å². The highest BCUT2D eigenvalue weighted by molar-refractivity contribution is 7.10. The van der Waals surface area contributed by atoms with Crippen molar-refractivity contribution in [2.45, 2.75) is 6.54 Å². The Labute approximate surface area is 137 Å². The number of H-pyrrole nitrogens is 1. The molecule has 2 aromatic heterocycles. The number of aromatic amines is 1. The van der Waals surface area contributed by atoms with E-state index >= 15 is 0 Å². The average molecular weight is 325 g/mol. The standard InChI is InChI=1S/C16H15N5OS/c17-8-11-7-12(23-10-11)9-18-5-6-19-16(22)15-13-3-1-2-4-14(13)20-21-15/h1-4,7,10,18H,5-6,9H2,(H,19,22)(H,20,21). The van der Waals surface area contributed by atoms with Crippen LogP contribution in [0.5, 0.6) is 0 Å². The molecule has 23 heavy (non-hydrogen) atoms. The van der Waals surface area contributed by atoms with Gasteiger partial charge in [0.2, 0.25) is 0 Å². The monoisotopic (exact) mass is 325 g/mol. The lowest BCUT2D eigenvalue weighted by Crippen LogP contribution is -2.31. The molecule has 0 aliphatic carbocycles. The molecule has 116 valence electrons. The summed E-state index contributed by atoms with van der Waals surface area (Å²) in [6.45, 7) is 1.85. The van der Waals surface area contributed by atoms with Crippen LogP contribution in [0.15, 0.2) is 35.7 Å². The maximum absolute atomic E-state index is 12.1. The minimum atomic E-state index is -0.188. The number of thiophene rings is 1. The SMILES string of the molecule is N#Cc1csc(CNCCNC(=O)c2n[nH]c3ccccc23)c1. The maximum Gasteiger partial charge on any atom is 0.272 e. The molecule has 0 radical (unpaired) electrons. The molecule has 0 aliphatic rings. The molecule has 3 aromatic rings. The van der Waals surface area contributed by atoms with Crippen LogP contribution >= 0.6 is 11.3 Å². The van der Waals surface area contributed by atoms with E-state index in [1.165, 1.54) is 0 Å². The zero-order valence-electron chi connectivity index (χ0n) is 12.3. The lowest BCUT2D eigenvalue weighted by atomic mass is 10.2. The van der Waals surface area contributed by atoms with E-state index in [-0.39, 0.29) is 5.91 Å². The van der Waals surface area contributed by atoms with Crippen molar-refractivity contribution in [2.24, 2.45) is 0 Å². The fourth-order valence-corrected chi connectivity index (χ4v) is 3.01. The van der Waals surface area contributed by atoms with Crippen molar-refractivity contribution in [2.75, 3.05) is 13.1 Å². The second-order valence-corrected chi connectivity index (χ2v) is 5.96. The Morgan fingerprint density at radius 1 is 1.35 bits per heavy atom. The predicted molar refractivity (Wildman–Crippen MR) is 89.2 cm³/mol. The minimum Gasteiger partial charge on any atom is -0.349 e. The van der Waals surface area contributed by atoms with Gasteiger partial charge in [0.25, 0.3) is 5.91 Å². The molecule has 7 heteroatoms. The summed E-state index contributed by atoms with van der Waals surface area (Å²) in [6, 6.07) is 11.5. The molecule has 1 aromatic carbocycles. The van der Waals surface area contributed by atoms with Gasteiger partial charge in [-0.3, -0.25) is 9.89 Å². The Bertz CT molecular complexity index is 861. The van der Waals surface area contributed by atoms with Gasteiger partial charge in [0, 0.05) is 35.3 Å². The molecule has 0 spiro atoms. The quantitative estimate of drug-likeness (QED) is 0.604. The van der Waals surface area contributed by atoms with Gasteiger partial charge in [0.15, 0.2) is 5.69 Å². The number of fused-ring (bicyclic) bond motifs is 1. The van der Waals surface area contributed by atoms with Crippen LogP contribution in [-0.4, -0.2) is 29.2 Å². The summed E-state index contributed by atoms with van der Waals surface area (Å²) in [4.78, 5) is 13.2. The smallest absolute Gasteiger partial charge is 0.272 e. The molecule has 3 rings (SSSR count). The number of nitriles is 1. The lowest BCUT2D eigenvalue weighted by molar-refractivity contribution is 0.0950. The third kappa shape index (κ3) is 3.56. The van der Waals surface area contributed by atoms with E-state index in [0.717, 1.165) is 15.8 Å². The summed E-state index contributed by atoms with van der Waals surface area (Å²) in [6.07, 6.45) is 0. The van der Waals surface area contributed by atoms with Crippen LogP contribution in [0.2, 0.25) is 0 Å². The Balaban J connectivity index is 1.45. The zero-order chi connectivity index (χ0) is 16.1. The molecule has 3 N–H and O–H groups in total. The number of para-hydroxylation sites is 1. The highest BCUT2D eigenvalue weighted by Crippen LogP contribution is 2.15. The van der Waals surface area contributed by atoms with Gasteiger partial charge in [-0.15, -0.1) is 11.3 Å². The van der Waals surface area contributed by atoms with Crippen LogP contribution in [0, 0.1) is 11.3 Å². The number of amides is 1. The van der Waals surface area contributed by atoms with E-state index < -0.39 is 0 Å². The molecule has 0 fully saturated rings. The maximum atomic E-state index is 12.1. The second-order valence-electron chi connectivity index (χ2n) is 4.96. The number of hydrogen-bond acceptors (Lipinski definition) is 5. The molecule has 0 aliphatic heterocycles. The highest BCUT2D eigenvalue weighted by atomic mass is 32.1. The number of carbonyl (C=O) groups is 1. The normalized spacial score (nSPS) is 10.6. The van der Waals surface area contributed by atoms with Gasteiger partial charge in [-0.1, -0.05) is 18.2 Å². The van der Waals surface area contributed by atoms with Crippen LogP contribution in [0.25, 0.3) is 10.9 Å². The van der Waals surface area contributed by atoms with E-state index in [4.69, 9.17) is 5.26 Å². The van der Waals surface area contributed by atoms with E-state index in [1.54, 1.807) is 11.3 Å². The Morgan fingerprint density at radius 3 is 3.04 bits per heavy atom. The molecule has 0 atom stereocenters. The van der Waals surface area contributed by atoms with Crippen molar-refractivity contribution >= 4 is 28.1 Å². The molecular weight excluding hydrogens is 310 g/mol. The van der Waals surface area contributed by atoms with Gasteiger partial charge in [-0.25, -0.2) is 0 Å². The zero-order valence-corrected chi connectivity index (χ0v) is 13.1. The number of benzene rings is 1. The van der Waals surface area contributed by atoms with Crippen molar-refractivity contribution in [1.29, 1.82) is 5.26 Å². The van der Waals surface area contributed by atoms with Crippen molar-refractivity contribution in [3.63, 3.8) is 0 Å². The number of hydrogen-bond donors (Lipinski definition) is 3. The van der Waals surface area contributed by atoms with Crippen molar-refractivity contribution in [3.8, 4) is 6.07 Å². The van der Waals surface area contributed by atoms with Crippen LogP contribution < -0.4 is 10.6 Å². The lowest BCUT2D eigenvalue weighted by Gasteiger charge is -2.05. The topological polar surface area (TPSA) is 93.6 Å². The predicted octanol–water partition coefficient (Wildman–Crippen LogP) is 2.02. The molecule has 0 saturated heterocycles. The van der Waals surface area contributed by atoms with E-state index in [1.807, 2.05) is 35.7 Å². The third-order valence-corrected chi connectivity index (χ3v) is 4.29. The molecule has 1 amide bonds. The molecule has 0 unspecified atom stereocenters. The first-order chi connectivity index (χ1) is 11.3. The Hall–Kier alpha value is -2.69. The number of rotatable bonds is 6. The summed E-state index contributed by atoms with van der Waals surface area (Å²) in [5.74, 6) is -0.188. The van der Waals surface area contributed by atoms with Crippen molar-refractivity contribution in [3.05, 3.63) is 51.8 Å². The summed E-state index contributed by atoms with van der Waals surface area (Å²) < 4.78 is 0. The van der Waals surface area contributed by atoms with Crippen molar-refractivity contribution in [1.82, 2.24) is 20.8 Å². The summed E-state index contributed by atoms with van der Waals surface area (Å²) in [7, 11) is 0. The van der Waals surface area contributed by atoms with E-state index in [0.29, 0.717) is 30.9 Å². The van der Waals surface area contributed by atoms with Gasteiger partial charge in [-0.05, 0) is 12.1 Å². The molecule has 0 bridgehead atoms. The Kier molecular flexibility index (Phi) is 4.66. The van der Waals surface area contributed by atoms with Gasteiger partial charge in [-0.2, -0.15) is 10.4 Å². The first-order valence-corrected chi connectivity index (χ1v) is 8.05. The second kappa shape index (κ2) is 7.05. The fourth-order valence-electron chi connectivity index (χ4n) is 2.23. The first kappa shape index (κ1) is 15.2. The number of nitrogens with zero attached hydrogens (tertiary/aromatic N) is 2. The average Bonchev–Trinajstić information content (AvgIpc) is 3.21. The molecule has 2 heterocycles. The number of carbonyl (C=O) groups excluding carboxylic acids is 1. The largest absolute Gasteiger partial charge is 0.349 e. The third-order valence-electron chi connectivity index (χ3n) is 3.35. The van der Waals surface area contributed by atoms with Crippen LogP contribution in [0.4, 0.5) is 0 Å². The van der Waals surface area contributed by atoms with Crippen LogP contribution in [-0.2, 0) is 6.54 Å². The van der Waals surface area contributed by atoms with Crippen LogP contribution in [0.3, 0.4) is 0 Å².